The first-order valence-corrected chi connectivity index (χ1v) is 11.4. The molecule has 3 rings (SSSR count). The molecule has 1 aromatic rings. The van der Waals surface area contributed by atoms with Crippen LogP contribution in [0.25, 0.3) is 0 Å². The largest absolute Gasteiger partial charge is 0.490 e. The third-order valence-electron chi connectivity index (χ3n) is 6.43. The van der Waals surface area contributed by atoms with Crippen LogP contribution in [-0.4, -0.2) is 61.3 Å². The van der Waals surface area contributed by atoms with Crippen LogP contribution in [0.3, 0.4) is 0 Å². The molecule has 0 N–H and O–H groups in total. The number of carbonyl (C=O) groups excluding carboxylic acids is 1. The van der Waals surface area contributed by atoms with Gasteiger partial charge in [-0.1, -0.05) is 20.8 Å². The molecule has 1 amide bonds. The SMILES string of the molecule is COCO[C@]1(Cc2cc(OC3CCC(C)CC3)ccn2)C(=O)N(COC)[C@H]1CC(C)C. The van der Waals surface area contributed by atoms with Gasteiger partial charge in [0.2, 0.25) is 0 Å². The van der Waals surface area contributed by atoms with Gasteiger partial charge in [0.15, 0.2) is 5.60 Å². The molecule has 0 unspecified atom stereocenters. The summed E-state index contributed by atoms with van der Waals surface area (Å²) in [5.41, 5.74) is -0.206. The van der Waals surface area contributed by atoms with E-state index >= 15 is 0 Å². The fourth-order valence-electron chi connectivity index (χ4n) is 4.77. The van der Waals surface area contributed by atoms with E-state index in [0.717, 1.165) is 36.6 Å². The zero-order valence-corrected chi connectivity index (χ0v) is 19.6. The van der Waals surface area contributed by atoms with Gasteiger partial charge in [-0.25, -0.2) is 0 Å². The summed E-state index contributed by atoms with van der Waals surface area (Å²) in [6.07, 6.45) is 7.78. The van der Waals surface area contributed by atoms with E-state index in [1.165, 1.54) is 12.8 Å². The van der Waals surface area contributed by atoms with Crippen molar-refractivity contribution in [2.45, 2.75) is 77.0 Å². The van der Waals surface area contributed by atoms with Crippen LogP contribution in [0.1, 0.15) is 58.6 Å². The molecule has 7 nitrogen and oxygen atoms in total. The first-order valence-electron chi connectivity index (χ1n) is 11.4. The zero-order chi connectivity index (χ0) is 22.4. The molecule has 0 bridgehead atoms. The van der Waals surface area contributed by atoms with Crippen LogP contribution in [0.2, 0.25) is 0 Å². The fourth-order valence-corrected chi connectivity index (χ4v) is 4.77. The predicted octanol–water partition coefficient (Wildman–Crippen LogP) is 3.80. The number of likely N-dealkylation sites (tertiary alicyclic amines) is 1. The predicted molar refractivity (Wildman–Crippen MR) is 118 cm³/mol. The lowest BCUT2D eigenvalue weighted by Crippen LogP contribution is -2.76. The Labute approximate surface area is 186 Å². The van der Waals surface area contributed by atoms with Gasteiger partial charge in [0.25, 0.3) is 5.91 Å². The average molecular weight is 435 g/mol. The molecule has 174 valence electrons. The fraction of sp³-hybridized carbons (Fsp3) is 0.750. The van der Waals surface area contributed by atoms with Crippen LogP contribution >= 0.6 is 0 Å². The number of pyridine rings is 1. The second kappa shape index (κ2) is 10.7. The van der Waals surface area contributed by atoms with Crippen molar-refractivity contribution in [1.82, 2.24) is 9.88 Å². The summed E-state index contributed by atoms with van der Waals surface area (Å²) in [7, 11) is 3.17. The van der Waals surface area contributed by atoms with Gasteiger partial charge in [-0.15, -0.1) is 0 Å². The maximum atomic E-state index is 13.2. The third kappa shape index (κ3) is 5.57. The molecule has 1 aliphatic carbocycles. The molecule has 0 aromatic carbocycles. The summed E-state index contributed by atoms with van der Waals surface area (Å²) < 4.78 is 22.8. The minimum atomic E-state index is -0.995. The van der Waals surface area contributed by atoms with Crippen molar-refractivity contribution >= 4 is 5.91 Å². The lowest BCUT2D eigenvalue weighted by molar-refractivity contribution is -0.235. The molecule has 1 aromatic heterocycles. The highest BCUT2D eigenvalue weighted by atomic mass is 16.7. The van der Waals surface area contributed by atoms with Gasteiger partial charge in [-0.3, -0.25) is 9.78 Å². The molecule has 7 heteroatoms. The smallest absolute Gasteiger partial charge is 0.259 e. The van der Waals surface area contributed by atoms with Gasteiger partial charge in [0.05, 0.1) is 12.1 Å². The van der Waals surface area contributed by atoms with E-state index in [2.05, 4.69) is 25.8 Å². The normalized spacial score (nSPS) is 28.6. The highest BCUT2D eigenvalue weighted by molar-refractivity contribution is 5.93. The Morgan fingerprint density at radius 1 is 1.19 bits per heavy atom. The Morgan fingerprint density at radius 2 is 1.94 bits per heavy atom. The van der Waals surface area contributed by atoms with Crippen molar-refractivity contribution in [2.24, 2.45) is 11.8 Å². The van der Waals surface area contributed by atoms with Crippen molar-refractivity contribution < 1.29 is 23.7 Å². The Bertz CT molecular complexity index is 720. The number of hydrogen-bond donors (Lipinski definition) is 0. The van der Waals surface area contributed by atoms with E-state index in [0.29, 0.717) is 12.3 Å². The summed E-state index contributed by atoms with van der Waals surface area (Å²) in [6.45, 7) is 6.90. The number of β-lactam (4-membered cyclic amide) rings is 1. The number of ether oxygens (including phenoxy) is 4. The van der Waals surface area contributed by atoms with E-state index < -0.39 is 5.60 Å². The highest BCUT2D eigenvalue weighted by Gasteiger charge is 2.62. The average Bonchev–Trinajstić information content (AvgIpc) is 2.75. The van der Waals surface area contributed by atoms with Crippen LogP contribution in [0, 0.1) is 11.8 Å². The number of hydrogen-bond acceptors (Lipinski definition) is 6. The van der Waals surface area contributed by atoms with E-state index in [4.69, 9.17) is 18.9 Å². The zero-order valence-electron chi connectivity index (χ0n) is 19.6. The summed E-state index contributed by atoms with van der Waals surface area (Å²) >= 11 is 0. The first-order chi connectivity index (χ1) is 14.9. The molecule has 2 aliphatic rings. The third-order valence-corrected chi connectivity index (χ3v) is 6.43. The van der Waals surface area contributed by atoms with E-state index in [-0.39, 0.29) is 31.6 Å². The molecular formula is C24H38N2O5. The second-order valence-corrected chi connectivity index (χ2v) is 9.44. The summed E-state index contributed by atoms with van der Waals surface area (Å²) in [5, 5.41) is 0. The Kier molecular flexibility index (Phi) is 8.30. The second-order valence-electron chi connectivity index (χ2n) is 9.44. The van der Waals surface area contributed by atoms with Crippen LogP contribution < -0.4 is 4.74 Å². The Hall–Kier alpha value is -1.70. The number of rotatable bonds is 11. The van der Waals surface area contributed by atoms with Crippen molar-refractivity contribution in [3.63, 3.8) is 0 Å². The molecule has 1 aliphatic heterocycles. The standard InChI is InChI=1S/C24H38N2O5/c1-17(2)12-22-24(30-16-29-5,23(27)26(22)15-28-4)14-19-13-21(10-11-25-19)31-20-8-6-18(3)7-9-20/h10-11,13,17-18,20,22H,6-9,12,14-16H2,1-5H3/t18?,20?,22-,24-/m0/s1. The monoisotopic (exact) mass is 434 g/mol. The lowest BCUT2D eigenvalue weighted by atomic mass is 9.75. The van der Waals surface area contributed by atoms with Crippen molar-refractivity contribution in [2.75, 3.05) is 27.7 Å². The van der Waals surface area contributed by atoms with Gasteiger partial charge >= 0.3 is 0 Å². The van der Waals surface area contributed by atoms with Crippen molar-refractivity contribution in [3.8, 4) is 5.75 Å². The number of amides is 1. The molecule has 1 saturated heterocycles. The molecule has 2 heterocycles. The van der Waals surface area contributed by atoms with Gasteiger partial charge in [-0.2, -0.15) is 0 Å². The van der Waals surface area contributed by atoms with Gasteiger partial charge in [0.1, 0.15) is 19.3 Å². The van der Waals surface area contributed by atoms with Crippen LogP contribution in [0.4, 0.5) is 0 Å². The summed E-state index contributed by atoms with van der Waals surface area (Å²) in [5.74, 6) is 1.92. The number of methoxy groups -OCH3 is 2. The molecule has 0 radical (unpaired) electrons. The molecule has 1 saturated carbocycles. The number of aromatic nitrogens is 1. The molecular weight excluding hydrogens is 396 g/mol. The van der Waals surface area contributed by atoms with Gasteiger partial charge in [0, 0.05) is 38.6 Å². The van der Waals surface area contributed by atoms with E-state index in [1.54, 1.807) is 25.3 Å². The molecule has 0 spiro atoms. The Morgan fingerprint density at radius 3 is 2.58 bits per heavy atom. The first kappa shape index (κ1) is 24.0. The van der Waals surface area contributed by atoms with Crippen LogP contribution in [-0.2, 0) is 25.4 Å². The minimum absolute atomic E-state index is 0.0532. The summed E-state index contributed by atoms with van der Waals surface area (Å²) in [4.78, 5) is 19.5. The number of carbonyl (C=O) groups is 1. The molecule has 31 heavy (non-hydrogen) atoms. The van der Waals surface area contributed by atoms with Gasteiger partial charge < -0.3 is 23.8 Å². The summed E-state index contributed by atoms with van der Waals surface area (Å²) in [6, 6.07) is 3.76. The number of nitrogens with zero attached hydrogens (tertiary/aromatic N) is 2. The molecule has 2 atom stereocenters. The van der Waals surface area contributed by atoms with Crippen LogP contribution in [0.15, 0.2) is 18.3 Å². The Balaban J connectivity index is 1.78. The van der Waals surface area contributed by atoms with Crippen molar-refractivity contribution in [1.29, 1.82) is 0 Å². The topological polar surface area (TPSA) is 70.1 Å². The van der Waals surface area contributed by atoms with E-state index in [1.807, 2.05) is 12.1 Å². The highest BCUT2D eigenvalue weighted by Crippen LogP contribution is 2.41. The quantitative estimate of drug-likeness (QED) is 0.390. The van der Waals surface area contributed by atoms with Gasteiger partial charge in [-0.05, 0) is 50.0 Å². The van der Waals surface area contributed by atoms with Crippen LogP contribution in [0.5, 0.6) is 5.75 Å². The molecule has 2 fully saturated rings. The maximum absolute atomic E-state index is 13.2. The minimum Gasteiger partial charge on any atom is -0.490 e. The van der Waals surface area contributed by atoms with Crippen molar-refractivity contribution in [3.05, 3.63) is 24.0 Å². The lowest BCUT2D eigenvalue weighted by Gasteiger charge is -2.55. The maximum Gasteiger partial charge on any atom is 0.259 e. The van der Waals surface area contributed by atoms with E-state index in [9.17, 15) is 4.79 Å².